The molecule has 3 aromatic rings. The van der Waals surface area contributed by atoms with Gasteiger partial charge in [0.05, 0.1) is 17.0 Å². The molecule has 0 atom stereocenters. The lowest BCUT2D eigenvalue weighted by molar-refractivity contribution is -0.117. The molecule has 0 spiro atoms. The fourth-order valence-electron chi connectivity index (χ4n) is 2.23. The van der Waals surface area contributed by atoms with Crippen LogP contribution in [0.25, 0.3) is 5.69 Å². The number of benzene rings is 2. The van der Waals surface area contributed by atoms with Gasteiger partial charge in [-0.25, -0.2) is 0 Å². The number of aromatic nitrogens is 4. The van der Waals surface area contributed by atoms with Crippen molar-refractivity contribution in [3.63, 3.8) is 0 Å². The second-order valence-corrected chi connectivity index (χ2v) is 7.10. The molecule has 0 saturated carbocycles. The smallest absolute Gasteiger partial charge is 0.259 e. The Labute approximate surface area is 162 Å². The van der Waals surface area contributed by atoms with E-state index in [0.29, 0.717) is 15.2 Å². The number of imide groups is 1. The normalized spacial score (nSPS) is 10.5. The van der Waals surface area contributed by atoms with Crippen LogP contribution in [0.5, 0.6) is 0 Å². The van der Waals surface area contributed by atoms with Crippen molar-refractivity contribution >= 4 is 39.5 Å². The lowest BCUT2D eigenvalue weighted by atomic mass is 10.2. The van der Waals surface area contributed by atoms with E-state index in [1.807, 2.05) is 31.2 Å². The summed E-state index contributed by atoms with van der Waals surface area (Å²) in [6.45, 7) is 1.95. The standard InChI is InChI=1S/C17H14BrN5O2S/c1-11-6-2-5-9-14(11)23-17(20-21-22-23)26-10-15(24)19-16(25)12-7-3-4-8-13(12)18/h2-9H,10H2,1H3,(H,19,24,25). The summed E-state index contributed by atoms with van der Waals surface area (Å²) >= 11 is 4.45. The summed E-state index contributed by atoms with van der Waals surface area (Å²) in [5.74, 6) is -0.862. The Morgan fingerprint density at radius 2 is 1.88 bits per heavy atom. The van der Waals surface area contributed by atoms with Crippen molar-refractivity contribution in [3.8, 4) is 5.69 Å². The van der Waals surface area contributed by atoms with Gasteiger partial charge < -0.3 is 0 Å². The van der Waals surface area contributed by atoms with Gasteiger partial charge in [0.25, 0.3) is 5.91 Å². The summed E-state index contributed by atoms with van der Waals surface area (Å²) in [4.78, 5) is 24.3. The largest absolute Gasteiger partial charge is 0.292 e. The molecule has 0 aliphatic rings. The van der Waals surface area contributed by atoms with Gasteiger partial charge in [-0.05, 0) is 57.0 Å². The van der Waals surface area contributed by atoms with Crippen LogP contribution in [0.3, 0.4) is 0 Å². The molecule has 9 heteroatoms. The number of tetrazole rings is 1. The zero-order chi connectivity index (χ0) is 18.5. The predicted octanol–water partition coefficient (Wildman–Crippen LogP) is 2.78. The molecule has 132 valence electrons. The number of carbonyl (C=O) groups is 2. The minimum absolute atomic E-state index is 0.0163. The first kappa shape index (κ1) is 18.3. The second kappa shape index (κ2) is 8.24. The van der Waals surface area contributed by atoms with E-state index in [1.165, 1.54) is 0 Å². The number of rotatable bonds is 5. The molecular weight excluding hydrogens is 418 g/mol. The molecule has 1 aromatic heterocycles. The molecule has 0 radical (unpaired) electrons. The molecule has 3 rings (SSSR count). The first-order valence-corrected chi connectivity index (χ1v) is 9.40. The van der Waals surface area contributed by atoms with Crippen LogP contribution in [-0.4, -0.2) is 37.8 Å². The zero-order valence-electron chi connectivity index (χ0n) is 13.7. The highest BCUT2D eigenvalue weighted by atomic mass is 79.9. The number of hydrogen-bond acceptors (Lipinski definition) is 6. The van der Waals surface area contributed by atoms with Crippen LogP contribution < -0.4 is 5.32 Å². The van der Waals surface area contributed by atoms with Gasteiger partial charge in [-0.15, -0.1) is 5.10 Å². The number of carbonyl (C=O) groups excluding carboxylic acids is 2. The molecular formula is C17H14BrN5O2S. The van der Waals surface area contributed by atoms with E-state index in [4.69, 9.17) is 0 Å². The van der Waals surface area contributed by atoms with E-state index >= 15 is 0 Å². The highest BCUT2D eigenvalue weighted by Gasteiger charge is 2.16. The Hall–Kier alpha value is -2.52. The minimum Gasteiger partial charge on any atom is -0.292 e. The van der Waals surface area contributed by atoms with Crippen LogP contribution in [0.15, 0.2) is 58.2 Å². The number of nitrogens with one attached hydrogen (secondary N) is 1. The van der Waals surface area contributed by atoms with Crippen LogP contribution in [0.1, 0.15) is 15.9 Å². The van der Waals surface area contributed by atoms with E-state index in [2.05, 4.69) is 36.8 Å². The quantitative estimate of drug-likeness (QED) is 0.624. The summed E-state index contributed by atoms with van der Waals surface area (Å²) < 4.78 is 2.20. The van der Waals surface area contributed by atoms with Crippen LogP contribution in [-0.2, 0) is 4.79 Å². The number of para-hydroxylation sites is 1. The van der Waals surface area contributed by atoms with Gasteiger partial charge in [0.15, 0.2) is 0 Å². The molecule has 0 bridgehead atoms. The number of hydrogen-bond donors (Lipinski definition) is 1. The Balaban J connectivity index is 1.64. The third kappa shape index (κ3) is 4.17. The minimum atomic E-state index is -0.457. The van der Waals surface area contributed by atoms with E-state index < -0.39 is 11.8 Å². The average Bonchev–Trinajstić information content (AvgIpc) is 3.09. The number of amides is 2. The van der Waals surface area contributed by atoms with Gasteiger partial charge in [-0.1, -0.05) is 42.1 Å². The first-order chi connectivity index (χ1) is 12.6. The van der Waals surface area contributed by atoms with Gasteiger partial charge in [0.1, 0.15) is 0 Å². The number of halogens is 1. The van der Waals surface area contributed by atoms with Crippen molar-refractivity contribution in [2.24, 2.45) is 0 Å². The number of thioether (sulfide) groups is 1. The van der Waals surface area contributed by atoms with E-state index in [9.17, 15) is 9.59 Å². The molecule has 1 N–H and O–H groups in total. The molecule has 2 aromatic carbocycles. The van der Waals surface area contributed by atoms with Crippen molar-refractivity contribution < 1.29 is 9.59 Å². The fraction of sp³-hybridized carbons (Fsp3) is 0.118. The van der Waals surface area contributed by atoms with Crippen molar-refractivity contribution in [2.45, 2.75) is 12.1 Å². The highest BCUT2D eigenvalue weighted by Crippen LogP contribution is 2.20. The number of nitrogens with zero attached hydrogens (tertiary/aromatic N) is 4. The SMILES string of the molecule is Cc1ccccc1-n1nnnc1SCC(=O)NC(=O)c1ccccc1Br. The summed E-state index contributed by atoms with van der Waals surface area (Å²) in [7, 11) is 0. The molecule has 2 amide bonds. The maximum absolute atomic E-state index is 12.2. The maximum Gasteiger partial charge on any atom is 0.259 e. The van der Waals surface area contributed by atoms with E-state index in [0.717, 1.165) is 23.0 Å². The second-order valence-electron chi connectivity index (χ2n) is 5.31. The third-order valence-electron chi connectivity index (χ3n) is 3.49. The lowest BCUT2D eigenvalue weighted by Gasteiger charge is -2.07. The highest BCUT2D eigenvalue weighted by molar-refractivity contribution is 9.10. The lowest BCUT2D eigenvalue weighted by Crippen LogP contribution is -2.32. The van der Waals surface area contributed by atoms with Gasteiger partial charge in [-0.3, -0.25) is 14.9 Å². The summed E-state index contributed by atoms with van der Waals surface area (Å²) in [5.41, 5.74) is 2.25. The molecule has 0 aliphatic heterocycles. The molecule has 26 heavy (non-hydrogen) atoms. The first-order valence-electron chi connectivity index (χ1n) is 7.62. The maximum atomic E-state index is 12.2. The summed E-state index contributed by atoms with van der Waals surface area (Å²) in [6.07, 6.45) is 0. The van der Waals surface area contributed by atoms with Crippen molar-refractivity contribution in [1.82, 2.24) is 25.5 Å². The molecule has 0 fully saturated rings. The fourth-order valence-corrected chi connectivity index (χ4v) is 3.38. The van der Waals surface area contributed by atoms with E-state index in [-0.39, 0.29) is 5.75 Å². The van der Waals surface area contributed by atoms with Gasteiger partial charge in [-0.2, -0.15) is 4.68 Å². The van der Waals surface area contributed by atoms with Crippen molar-refractivity contribution in [1.29, 1.82) is 0 Å². The molecule has 0 aliphatic carbocycles. The van der Waals surface area contributed by atoms with E-state index in [1.54, 1.807) is 28.9 Å². The summed E-state index contributed by atoms with van der Waals surface area (Å²) in [5, 5.41) is 14.4. The Bertz CT molecular complexity index is 960. The molecule has 1 heterocycles. The Morgan fingerprint density at radius 3 is 2.65 bits per heavy atom. The third-order valence-corrected chi connectivity index (χ3v) is 5.10. The van der Waals surface area contributed by atoms with Crippen LogP contribution in [0.4, 0.5) is 0 Å². The van der Waals surface area contributed by atoms with Crippen molar-refractivity contribution in [2.75, 3.05) is 5.75 Å². The van der Waals surface area contributed by atoms with Gasteiger partial charge >= 0.3 is 0 Å². The summed E-state index contributed by atoms with van der Waals surface area (Å²) in [6, 6.07) is 14.6. The molecule has 0 saturated heterocycles. The van der Waals surface area contributed by atoms with Crippen molar-refractivity contribution in [3.05, 3.63) is 64.1 Å². The van der Waals surface area contributed by atoms with Gasteiger partial charge in [0.2, 0.25) is 11.1 Å². The van der Waals surface area contributed by atoms with Crippen LogP contribution >= 0.6 is 27.7 Å². The topological polar surface area (TPSA) is 89.8 Å². The predicted molar refractivity (Wildman–Crippen MR) is 101 cm³/mol. The zero-order valence-corrected chi connectivity index (χ0v) is 16.1. The molecule has 0 unspecified atom stereocenters. The monoisotopic (exact) mass is 431 g/mol. The Kier molecular flexibility index (Phi) is 5.79. The number of aryl methyl sites for hydroxylation is 1. The Morgan fingerprint density at radius 1 is 1.15 bits per heavy atom. The molecule has 7 nitrogen and oxygen atoms in total. The van der Waals surface area contributed by atoms with Gasteiger partial charge in [0, 0.05) is 4.47 Å². The average molecular weight is 432 g/mol. The van der Waals surface area contributed by atoms with Crippen LogP contribution in [0.2, 0.25) is 0 Å². The van der Waals surface area contributed by atoms with Crippen LogP contribution in [0, 0.1) is 6.92 Å².